The third-order valence-corrected chi connectivity index (χ3v) is 4.16. The summed E-state index contributed by atoms with van der Waals surface area (Å²) in [6.45, 7) is 6.61. The molecule has 2 rings (SSSR count). The van der Waals surface area contributed by atoms with Crippen LogP contribution in [0.5, 0.6) is 0 Å². The molecule has 0 aliphatic carbocycles. The molecule has 1 aliphatic heterocycles. The van der Waals surface area contributed by atoms with Crippen LogP contribution < -0.4 is 5.32 Å². The molecule has 1 fully saturated rings. The summed E-state index contributed by atoms with van der Waals surface area (Å²) < 4.78 is 0. The first kappa shape index (κ1) is 16.2. The lowest BCUT2D eigenvalue weighted by Crippen LogP contribution is -2.51. The Morgan fingerprint density at radius 1 is 1.36 bits per heavy atom. The number of imide groups is 1. The Kier molecular flexibility index (Phi) is 4.96. The lowest BCUT2D eigenvalue weighted by molar-refractivity contribution is -0.141. The van der Waals surface area contributed by atoms with E-state index in [-0.39, 0.29) is 18.2 Å². The summed E-state index contributed by atoms with van der Waals surface area (Å²) in [4.78, 5) is 36.2. The van der Waals surface area contributed by atoms with E-state index in [9.17, 15) is 14.4 Å². The number of nitrogens with zero attached hydrogens (tertiary/aromatic N) is 1. The fourth-order valence-electron chi connectivity index (χ4n) is 2.88. The lowest BCUT2D eigenvalue weighted by Gasteiger charge is -2.31. The molecule has 22 heavy (non-hydrogen) atoms. The van der Waals surface area contributed by atoms with E-state index in [1.807, 2.05) is 19.1 Å². The molecule has 1 saturated heterocycles. The first-order valence-electron chi connectivity index (χ1n) is 7.57. The second-order valence-electron chi connectivity index (χ2n) is 6.04. The summed E-state index contributed by atoms with van der Waals surface area (Å²) >= 11 is 0. The Bertz CT molecular complexity index is 596. The zero-order valence-electron chi connectivity index (χ0n) is 13.3. The molecule has 0 bridgehead atoms. The zero-order valence-corrected chi connectivity index (χ0v) is 13.3. The molecule has 118 valence electrons. The summed E-state index contributed by atoms with van der Waals surface area (Å²) in [5.74, 6) is -0.320. The van der Waals surface area contributed by atoms with E-state index in [1.54, 1.807) is 0 Å². The summed E-state index contributed by atoms with van der Waals surface area (Å²) in [5.41, 5.74) is 3.36. The number of benzene rings is 1. The quantitative estimate of drug-likeness (QED) is 0.667. The van der Waals surface area contributed by atoms with Crippen molar-refractivity contribution in [2.45, 2.75) is 52.1 Å². The number of piperidine rings is 1. The molecule has 0 spiro atoms. The Morgan fingerprint density at radius 2 is 2.09 bits per heavy atom. The maximum Gasteiger partial charge on any atom is 0.249 e. The second kappa shape index (κ2) is 6.73. The van der Waals surface area contributed by atoms with Gasteiger partial charge in [0, 0.05) is 13.0 Å². The minimum atomic E-state index is -0.574. The van der Waals surface area contributed by atoms with Crippen molar-refractivity contribution in [2.75, 3.05) is 0 Å². The lowest BCUT2D eigenvalue weighted by atomic mass is 9.93. The Morgan fingerprint density at radius 3 is 2.68 bits per heavy atom. The van der Waals surface area contributed by atoms with Crippen LogP contribution in [0.2, 0.25) is 0 Å². The number of carbonyl (C=O) groups excluding carboxylic acids is 3. The summed E-state index contributed by atoms with van der Waals surface area (Å²) in [6, 6.07) is 5.50. The predicted octanol–water partition coefficient (Wildman–Crippen LogP) is 1.88. The van der Waals surface area contributed by atoms with Crippen molar-refractivity contribution in [1.29, 1.82) is 0 Å². The van der Waals surface area contributed by atoms with Crippen molar-refractivity contribution in [3.8, 4) is 0 Å². The van der Waals surface area contributed by atoms with Gasteiger partial charge in [0.25, 0.3) is 0 Å². The van der Waals surface area contributed by atoms with Crippen molar-refractivity contribution in [1.82, 2.24) is 10.2 Å². The summed E-state index contributed by atoms with van der Waals surface area (Å²) in [6.07, 6.45) is 1.36. The highest BCUT2D eigenvalue weighted by Crippen LogP contribution is 2.25. The van der Waals surface area contributed by atoms with Gasteiger partial charge < -0.3 is 4.90 Å². The van der Waals surface area contributed by atoms with E-state index < -0.39 is 6.04 Å². The first-order chi connectivity index (χ1) is 10.4. The van der Waals surface area contributed by atoms with Gasteiger partial charge in [-0.05, 0) is 36.0 Å². The highest BCUT2D eigenvalue weighted by Gasteiger charge is 2.31. The number of hydrogen-bond acceptors (Lipinski definition) is 3. The molecule has 0 saturated carbocycles. The van der Waals surface area contributed by atoms with Gasteiger partial charge in [-0.3, -0.25) is 19.7 Å². The maximum atomic E-state index is 12.0. The van der Waals surface area contributed by atoms with Crippen LogP contribution in [0.25, 0.3) is 0 Å². The standard InChI is InChI=1S/C17H22N2O3/c1-11(2)13-6-4-5-12(3)14(13)9-19(10-20)15-7-8-16(21)18-17(15)22/h4-6,10-11,15H,7-9H2,1-3H3,(H,18,21,22). The van der Waals surface area contributed by atoms with Crippen LogP contribution in [-0.4, -0.2) is 29.2 Å². The molecule has 3 amide bonds. The Labute approximate surface area is 130 Å². The number of amides is 3. The van der Waals surface area contributed by atoms with Crippen molar-refractivity contribution in [3.63, 3.8) is 0 Å². The van der Waals surface area contributed by atoms with Gasteiger partial charge >= 0.3 is 0 Å². The number of nitrogens with one attached hydrogen (secondary N) is 1. The van der Waals surface area contributed by atoms with Crippen molar-refractivity contribution in [2.24, 2.45) is 0 Å². The van der Waals surface area contributed by atoms with Gasteiger partial charge in [0.2, 0.25) is 18.2 Å². The monoisotopic (exact) mass is 302 g/mol. The van der Waals surface area contributed by atoms with Gasteiger partial charge in [0.15, 0.2) is 0 Å². The number of hydrogen-bond donors (Lipinski definition) is 1. The molecule has 0 radical (unpaired) electrons. The minimum Gasteiger partial charge on any atom is -0.329 e. The number of rotatable bonds is 5. The van der Waals surface area contributed by atoms with Gasteiger partial charge in [0.1, 0.15) is 6.04 Å². The highest BCUT2D eigenvalue weighted by atomic mass is 16.2. The summed E-state index contributed by atoms with van der Waals surface area (Å²) in [7, 11) is 0. The highest BCUT2D eigenvalue weighted by molar-refractivity contribution is 6.00. The van der Waals surface area contributed by atoms with Crippen LogP contribution in [0.4, 0.5) is 0 Å². The maximum absolute atomic E-state index is 12.0. The van der Waals surface area contributed by atoms with Crippen molar-refractivity contribution >= 4 is 18.2 Å². The number of aryl methyl sites for hydroxylation is 1. The van der Waals surface area contributed by atoms with Gasteiger partial charge in [-0.2, -0.15) is 0 Å². The zero-order chi connectivity index (χ0) is 16.3. The van der Waals surface area contributed by atoms with Crippen molar-refractivity contribution in [3.05, 3.63) is 34.9 Å². The summed E-state index contributed by atoms with van der Waals surface area (Å²) in [5, 5.41) is 2.30. The van der Waals surface area contributed by atoms with Crippen LogP contribution in [0.1, 0.15) is 49.3 Å². The van der Waals surface area contributed by atoms with E-state index >= 15 is 0 Å². The van der Waals surface area contributed by atoms with Gasteiger partial charge in [-0.1, -0.05) is 32.0 Å². The van der Waals surface area contributed by atoms with Crippen LogP contribution in [0.3, 0.4) is 0 Å². The smallest absolute Gasteiger partial charge is 0.249 e. The molecule has 1 N–H and O–H groups in total. The molecular formula is C17H22N2O3. The van der Waals surface area contributed by atoms with Crippen LogP contribution >= 0.6 is 0 Å². The van der Waals surface area contributed by atoms with E-state index in [2.05, 4.69) is 25.2 Å². The van der Waals surface area contributed by atoms with Gasteiger partial charge in [-0.25, -0.2) is 0 Å². The SMILES string of the molecule is Cc1cccc(C(C)C)c1CN(C=O)C1CCC(=O)NC1=O. The van der Waals surface area contributed by atoms with Gasteiger partial charge in [0.05, 0.1) is 0 Å². The molecule has 1 atom stereocenters. The molecule has 1 heterocycles. The van der Waals surface area contributed by atoms with E-state index in [4.69, 9.17) is 0 Å². The second-order valence-corrected chi connectivity index (χ2v) is 6.04. The Hall–Kier alpha value is -2.17. The molecule has 0 aromatic heterocycles. The molecule has 1 aromatic rings. The normalized spacial score (nSPS) is 18.3. The molecule has 5 heteroatoms. The molecular weight excluding hydrogens is 280 g/mol. The third-order valence-electron chi connectivity index (χ3n) is 4.16. The molecule has 1 unspecified atom stereocenters. The van der Waals surface area contributed by atoms with Gasteiger partial charge in [-0.15, -0.1) is 0 Å². The number of carbonyl (C=O) groups is 3. The molecule has 1 aliphatic rings. The van der Waals surface area contributed by atoms with Crippen LogP contribution in [-0.2, 0) is 20.9 Å². The fraction of sp³-hybridized carbons (Fsp3) is 0.471. The third kappa shape index (κ3) is 3.35. The van der Waals surface area contributed by atoms with Crippen LogP contribution in [0, 0.1) is 6.92 Å². The predicted molar refractivity (Wildman–Crippen MR) is 83.0 cm³/mol. The average Bonchev–Trinajstić information content (AvgIpc) is 2.46. The molecule has 5 nitrogen and oxygen atoms in total. The van der Waals surface area contributed by atoms with E-state index in [1.165, 1.54) is 10.5 Å². The largest absolute Gasteiger partial charge is 0.329 e. The van der Waals surface area contributed by atoms with E-state index in [0.29, 0.717) is 25.3 Å². The van der Waals surface area contributed by atoms with E-state index in [0.717, 1.165) is 11.1 Å². The van der Waals surface area contributed by atoms with Crippen molar-refractivity contribution < 1.29 is 14.4 Å². The molecule has 1 aromatic carbocycles. The topological polar surface area (TPSA) is 66.5 Å². The Balaban J connectivity index is 2.26. The average molecular weight is 302 g/mol. The first-order valence-corrected chi connectivity index (χ1v) is 7.57. The fourth-order valence-corrected chi connectivity index (χ4v) is 2.88. The minimum absolute atomic E-state index is 0.269. The van der Waals surface area contributed by atoms with Crippen LogP contribution in [0.15, 0.2) is 18.2 Å².